The van der Waals surface area contributed by atoms with Gasteiger partial charge in [0.1, 0.15) is 5.82 Å². The molecule has 2 rings (SSSR count). The molecule has 4 nitrogen and oxygen atoms in total. The SMILES string of the molecule is C=S(N)(=O)c1ccc(-c2cc(B(O)O)ccc2F)cc1. The van der Waals surface area contributed by atoms with Crippen molar-refractivity contribution in [2.24, 2.45) is 5.14 Å². The van der Waals surface area contributed by atoms with Gasteiger partial charge in [0.05, 0.1) is 9.71 Å². The van der Waals surface area contributed by atoms with Gasteiger partial charge in [-0.3, -0.25) is 5.14 Å². The van der Waals surface area contributed by atoms with Crippen LogP contribution in [0.3, 0.4) is 0 Å². The van der Waals surface area contributed by atoms with Crippen LogP contribution in [0.5, 0.6) is 0 Å². The third-order valence-electron chi connectivity index (χ3n) is 2.85. The Morgan fingerprint density at radius 3 is 2.25 bits per heavy atom. The monoisotopic (exact) mass is 293 g/mol. The number of halogens is 1. The molecule has 0 bridgehead atoms. The van der Waals surface area contributed by atoms with Gasteiger partial charge in [0.25, 0.3) is 0 Å². The molecule has 0 fully saturated rings. The van der Waals surface area contributed by atoms with E-state index in [1.807, 2.05) is 0 Å². The van der Waals surface area contributed by atoms with E-state index in [2.05, 4.69) is 5.87 Å². The molecule has 0 aliphatic carbocycles. The van der Waals surface area contributed by atoms with Crippen molar-refractivity contribution in [2.75, 3.05) is 0 Å². The second kappa shape index (κ2) is 5.38. The van der Waals surface area contributed by atoms with Crippen molar-refractivity contribution in [1.29, 1.82) is 0 Å². The summed E-state index contributed by atoms with van der Waals surface area (Å²) in [5, 5.41) is 23.6. The van der Waals surface area contributed by atoms with Gasteiger partial charge in [0.2, 0.25) is 0 Å². The summed E-state index contributed by atoms with van der Waals surface area (Å²) in [5.74, 6) is 2.87. The average molecular weight is 293 g/mol. The standard InChI is InChI=1S/C13H13BFNO3S/c1-20(16,19)11-5-2-9(3-6-11)12-8-10(14(17)18)4-7-13(12)15/h2-8,17-18H,1H2,(H2,16,19). The van der Waals surface area contributed by atoms with Crippen LogP contribution >= 0.6 is 0 Å². The molecule has 0 heterocycles. The molecule has 7 heteroatoms. The van der Waals surface area contributed by atoms with Crippen molar-refractivity contribution < 1.29 is 18.6 Å². The normalized spacial score (nSPS) is 13.8. The Morgan fingerprint density at radius 2 is 1.75 bits per heavy atom. The van der Waals surface area contributed by atoms with Crippen LogP contribution in [0.25, 0.3) is 11.1 Å². The summed E-state index contributed by atoms with van der Waals surface area (Å²) in [6.07, 6.45) is 0. The summed E-state index contributed by atoms with van der Waals surface area (Å²) in [6, 6.07) is 9.92. The predicted molar refractivity (Wildman–Crippen MR) is 79.4 cm³/mol. The third-order valence-corrected chi connectivity index (χ3v) is 3.92. The molecular weight excluding hydrogens is 280 g/mol. The van der Waals surface area contributed by atoms with E-state index in [4.69, 9.17) is 15.2 Å². The maximum Gasteiger partial charge on any atom is 0.488 e. The minimum atomic E-state index is -2.81. The first-order valence-corrected chi connectivity index (χ1v) is 7.49. The molecule has 1 unspecified atom stereocenters. The topological polar surface area (TPSA) is 83.6 Å². The van der Waals surface area contributed by atoms with Crippen molar-refractivity contribution in [1.82, 2.24) is 0 Å². The first kappa shape index (κ1) is 14.7. The van der Waals surface area contributed by atoms with Crippen molar-refractivity contribution in [3.63, 3.8) is 0 Å². The Kier molecular flexibility index (Phi) is 3.96. The lowest BCUT2D eigenvalue weighted by molar-refractivity contribution is 0.425. The lowest BCUT2D eigenvalue weighted by Crippen LogP contribution is -2.29. The van der Waals surface area contributed by atoms with Gasteiger partial charge in [-0.05, 0) is 35.1 Å². The van der Waals surface area contributed by atoms with Crippen LogP contribution in [-0.4, -0.2) is 27.2 Å². The summed E-state index contributed by atoms with van der Waals surface area (Å²) < 4.78 is 25.4. The number of benzene rings is 2. The first-order valence-electron chi connectivity index (χ1n) is 5.70. The van der Waals surface area contributed by atoms with Gasteiger partial charge >= 0.3 is 7.12 Å². The fourth-order valence-electron chi connectivity index (χ4n) is 1.79. The highest BCUT2D eigenvalue weighted by atomic mass is 32.2. The zero-order valence-electron chi connectivity index (χ0n) is 10.5. The predicted octanol–water partition coefficient (Wildman–Crippen LogP) is 0.121. The zero-order valence-corrected chi connectivity index (χ0v) is 11.3. The van der Waals surface area contributed by atoms with E-state index < -0.39 is 22.6 Å². The molecule has 104 valence electrons. The molecule has 0 radical (unpaired) electrons. The molecule has 4 N–H and O–H groups in total. The second-order valence-corrected chi connectivity index (χ2v) is 6.29. The zero-order chi connectivity index (χ0) is 14.9. The molecule has 1 atom stereocenters. The molecule has 0 aromatic heterocycles. The number of hydrogen-bond donors (Lipinski definition) is 3. The van der Waals surface area contributed by atoms with Gasteiger partial charge < -0.3 is 10.0 Å². The molecule has 2 aromatic rings. The van der Waals surface area contributed by atoms with Crippen LogP contribution in [0.4, 0.5) is 4.39 Å². The molecule has 0 spiro atoms. The molecule has 2 aromatic carbocycles. The Bertz CT molecular complexity index is 730. The largest absolute Gasteiger partial charge is 0.488 e. The molecule has 0 saturated carbocycles. The van der Waals surface area contributed by atoms with Crippen molar-refractivity contribution in [3.8, 4) is 11.1 Å². The Hall–Kier alpha value is -1.67. The maximum absolute atomic E-state index is 13.8. The van der Waals surface area contributed by atoms with E-state index >= 15 is 0 Å². The van der Waals surface area contributed by atoms with Crippen LogP contribution in [0.1, 0.15) is 0 Å². The third kappa shape index (κ3) is 3.08. The highest BCUT2D eigenvalue weighted by Gasteiger charge is 2.14. The smallest absolute Gasteiger partial charge is 0.423 e. The second-order valence-electron chi connectivity index (χ2n) is 4.36. The summed E-state index contributed by atoms with van der Waals surface area (Å²) in [6.45, 7) is 0. The molecule has 0 amide bonds. The summed E-state index contributed by atoms with van der Waals surface area (Å²) in [4.78, 5) is 0.361. The van der Waals surface area contributed by atoms with E-state index in [-0.39, 0.29) is 11.0 Å². The highest BCUT2D eigenvalue weighted by Crippen LogP contribution is 2.23. The summed E-state index contributed by atoms with van der Waals surface area (Å²) in [5.41, 5.74) is 0.914. The average Bonchev–Trinajstić information content (AvgIpc) is 2.38. The molecule has 20 heavy (non-hydrogen) atoms. The summed E-state index contributed by atoms with van der Waals surface area (Å²) in [7, 11) is -4.48. The van der Waals surface area contributed by atoms with Crippen LogP contribution in [-0.2, 0) is 9.71 Å². The molecule has 0 aliphatic rings. The first-order chi connectivity index (χ1) is 9.29. The number of rotatable bonds is 3. The van der Waals surface area contributed by atoms with E-state index in [0.29, 0.717) is 10.5 Å². The van der Waals surface area contributed by atoms with Crippen LogP contribution in [0, 0.1) is 5.82 Å². The quantitative estimate of drug-likeness (QED) is 0.555. The van der Waals surface area contributed by atoms with Gasteiger partial charge in [-0.1, -0.05) is 24.3 Å². The fourth-order valence-corrected chi connectivity index (χ4v) is 2.39. The summed E-state index contributed by atoms with van der Waals surface area (Å²) >= 11 is 0. The number of hydrogen-bond acceptors (Lipinski definition) is 3. The van der Waals surface area contributed by atoms with Crippen molar-refractivity contribution in [2.45, 2.75) is 4.90 Å². The van der Waals surface area contributed by atoms with Gasteiger partial charge in [-0.25, -0.2) is 8.60 Å². The Morgan fingerprint density at radius 1 is 1.15 bits per heavy atom. The van der Waals surface area contributed by atoms with Gasteiger partial charge in [0.15, 0.2) is 0 Å². The Labute approximate surface area is 117 Å². The minimum Gasteiger partial charge on any atom is -0.423 e. The molecule has 0 aliphatic heterocycles. The maximum atomic E-state index is 13.8. The van der Waals surface area contributed by atoms with E-state index in [1.54, 1.807) is 12.1 Å². The fraction of sp³-hybridized carbons (Fsp3) is 0. The van der Waals surface area contributed by atoms with Crippen LogP contribution < -0.4 is 10.6 Å². The van der Waals surface area contributed by atoms with Crippen molar-refractivity contribution >= 4 is 28.2 Å². The van der Waals surface area contributed by atoms with Gasteiger partial charge in [-0.2, -0.15) is 0 Å². The van der Waals surface area contributed by atoms with Crippen LogP contribution in [0.2, 0.25) is 0 Å². The van der Waals surface area contributed by atoms with E-state index in [1.165, 1.54) is 24.3 Å². The lowest BCUT2D eigenvalue weighted by Gasteiger charge is -2.08. The van der Waals surface area contributed by atoms with Crippen molar-refractivity contribution in [3.05, 3.63) is 48.3 Å². The minimum absolute atomic E-state index is 0.185. The Balaban J connectivity index is 2.49. The lowest BCUT2D eigenvalue weighted by atomic mass is 9.79. The van der Waals surface area contributed by atoms with E-state index in [9.17, 15) is 8.60 Å². The molecule has 0 saturated heterocycles. The molecular formula is C13H13BFNO3S. The van der Waals surface area contributed by atoms with Gasteiger partial charge in [0, 0.05) is 10.5 Å². The van der Waals surface area contributed by atoms with Gasteiger partial charge in [-0.15, -0.1) is 0 Å². The number of nitrogens with two attached hydrogens (primary N) is 1. The highest BCUT2D eigenvalue weighted by molar-refractivity contribution is 7.98. The van der Waals surface area contributed by atoms with Crippen LogP contribution in [0.15, 0.2) is 47.4 Å². The van der Waals surface area contributed by atoms with E-state index in [0.717, 1.165) is 6.07 Å².